The first-order chi connectivity index (χ1) is 10.1. The van der Waals surface area contributed by atoms with Gasteiger partial charge in [-0.1, -0.05) is 12.1 Å². The van der Waals surface area contributed by atoms with Crippen LogP contribution in [-0.2, 0) is 0 Å². The van der Waals surface area contributed by atoms with Crippen LogP contribution in [0.3, 0.4) is 0 Å². The Labute approximate surface area is 128 Å². The summed E-state index contributed by atoms with van der Waals surface area (Å²) in [5.74, 6) is -0.462. The predicted molar refractivity (Wildman–Crippen MR) is 80.8 cm³/mol. The second kappa shape index (κ2) is 5.46. The lowest BCUT2D eigenvalue weighted by molar-refractivity contribution is 0.215. The van der Waals surface area contributed by atoms with Crippen LogP contribution in [0, 0.1) is 5.82 Å². The average molecular weight is 351 g/mol. The fourth-order valence-electron chi connectivity index (χ4n) is 2.29. The minimum absolute atomic E-state index is 0.102. The molecule has 1 unspecified atom stereocenters. The highest BCUT2D eigenvalue weighted by Crippen LogP contribution is 2.33. The number of hydrogen-bond donors (Lipinski definition) is 2. The van der Waals surface area contributed by atoms with E-state index >= 15 is 0 Å². The number of ether oxygens (including phenoxy) is 1. The molecule has 0 radical (unpaired) electrons. The van der Waals surface area contributed by atoms with Gasteiger partial charge in [-0.2, -0.15) is 0 Å². The van der Waals surface area contributed by atoms with E-state index in [0.717, 1.165) is 9.86 Å². The molecule has 108 valence electrons. The summed E-state index contributed by atoms with van der Waals surface area (Å²) < 4.78 is 20.0. The zero-order chi connectivity index (χ0) is 15.0. The number of nitrogens with zero attached hydrogens (tertiary/aromatic N) is 1. The molecule has 0 spiro atoms. The minimum Gasteiger partial charge on any atom is -0.494 e. The number of pyridine rings is 1. The summed E-state index contributed by atoms with van der Waals surface area (Å²) in [6.45, 7) is 0. The van der Waals surface area contributed by atoms with E-state index in [1.54, 1.807) is 18.5 Å². The number of aromatic nitrogens is 2. The number of aromatic amines is 1. The van der Waals surface area contributed by atoms with Gasteiger partial charge >= 0.3 is 0 Å². The summed E-state index contributed by atoms with van der Waals surface area (Å²) in [7, 11) is 1.39. The number of halogens is 2. The van der Waals surface area contributed by atoms with Gasteiger partial charge < -0.3 is 14.8 Å². The van der Waals surface area contributed by atoms with Crippen LogP contribution in [0.25, 0.3) is 11.0 Å². The molecule has 0 aliphatic rings. The maximum atomic E-state index is 14.3. The number of methoxy groups -OCH3 is 1. The molecule has 0 amide bonds. The van der Waals surface area contributed by atoms with E-state index < -0.39 is 11.9 Å². The summed E-state index contributed by atoms with van der Waals surface area (Å²) in [5.41, 5.74) is 1.36. The number of benzene rings is 1. The molecule has 0 aliphatic carbocycles. The van der Waals surface area contributed by atoms with Crippen LogP contribution in [0.15, 0.2) is 41.1 Å². The summed E-state index contributed by atoms with van der Waals surface area (Å²) in [4.78, 5) is 7.17. The van der Waals surface area contributed by atoms with Crippen LogP contribution in [0.4, 0.5) is 4.39 Å². The Balaban J connectivity index is 2.12. The SMILES string of the molecule is COc1cccc(C(O)c2c[nH]c3ncc(Br)cc23)c1F. The minimum atomic E-state index is -1.11. The van der Waals surface area contributed by atoms with Crippen molar-refractivity contribution in [3.8, 4) is 5.75 Å². The molecule has 0 aliphatic heterocycles. The number of aliphatic hydroxyl groups is 1. The van der Waals surface area contributed by atoms with Crippen molar-refractivity contribution in [2.75, 3.05) is 7.11 Å². The molecular weight excluding hydrogens is 339 g/mol. The molecule has 0 bridgehead atoms. The summed E-state index contributed by atoms with van der Waals surface area (Å²) in [6.07, 6.45) is 2.18. The molecule has 1 atom stereocenters. The van der Waals surface area contributed by atoms with Crippen LogP contribution in [0.5, 0.6) is 5.75 Å². The van der Waals surface area contributed by atoms with Gasteiger partial charge in [0.25, 0.3) is 0 Å². The van der Waals surface area contributed by atoms with Gasteiger partial charge in [0.2, 0.25) is 0 Å². The number of fused-ring (bicyclic) bond motifs is 1. The number of aliphatic hydroxyl groups excluding tert-OH is 1. The van der Waals surface area contributed by atoms with Gasteiger partial charge in [0, 0.05) is 33.4 Å². The van der Waals surface area contributed by atoms with Crippen molar-refractivity contribution in [2.45, 2.75) is 6.10 Å². The zero-order valence-electron chi connectivity index (χ0n) is 11.1. The molecule has 3 rings (SSSR count). The van der Waals surface area contributed by atoms with Crippen molar-refractivity contribution in [3.05, 3.63) is 58.1 Å². The maximum absolute atomic E-state index is 14.3. The molecular formula is C15H12BrFN2O2. The second-order valence-corrected chi connectivity index (χ2v) is 5.48. The summed E-state index contributed by atoms with van der Waals surface area (Å²) in [5, 5.41) is 11.2. The van der Waals surface area contributed by atoms with Gasteiger partial charge in [0.15, 0.2) is 11.6 Å². The smallest absolute Gasteiger partial charge is 0.171 e. The number of hydrogen-bond acceptors (Lipinski definition) is 3. The van der Waals surface area contributed by atoms with E-state index in [0.29, 0.717) is 11.2 Å². The van der Waals surface area contributed by atoms with Gasteiger partial charge in [-0.05, 0) is 28.1 Å². The van der Waals surface area contributed by atoms with Crippen molar-refractivity contribution in [2.24, 2.45) is 0 Å². The van der Waals surface area contributed by atoms with E-state index in [-0.39, 0.29) is 11.3 Å². The topological polar surface area (TPSA) is 58.1 Å². The molecule has 2 heterocycles. The lowest BCUT2D eigenvalue weighted by Gasteiger charge is -2.13. The summed E-state index contributed by atoms with van der Waals surface area (Å²) in [6, 6.07) is 6.52. The van der Waals surface area contributed by atoms with Gasteiger partial charge in [-0.25, -0.2) is 9.37 Å². The van der Waals surface area contributed by atoms with Crippen LogP contribution in [0.1, 0.15) is 17.2 Å². The van der Waals surface area contributed by atoms with Crippen molar-refractivity contribution in [1.82, 2.24) is 9.97 Å². The highest BCUT2D eigenvalue weighted by atomic mass is 79.9. The molecule has 3 aromatic rings. The molecule has 1 aromatic carbocycles. The van der Waals surface area contributed by atoms with E-state index in [9.17, 15) is 9.50 Å². The molecule has 6 heteroatoms. The Bertz CT molecular complexity index is 803. The van der Waals surface area contributed by atoms with Crippen LogP contribution in [-0.4, -0.2) is 22.2 Å². The van der Waals surface area contributed by atoms with Gasteiger partial charge in [-0.15, -0.1) is 0 Å². The standard InChI is InChI=1S/C15H12BrFN2O2/c1-21-12-4-2-3-9(13(12)17)14(20)11-7-19-15-10(11)5-8(16)6-18-15/h2-7,14,20H,1H3,(H,18,19). The van der Waals surface area contributed by atoms with E-state index in [4.69, 9.17) is 4.74 Å². The third-order valence-electron chi connectivity index (χ3n) is 3.33. The Morgan fingerprint density at radius 1 is 1.38 bits per heavy atom. The molecule has 21 heavy (non-hydrogen) atoms. The lowest BCUT2D eigenvalue weighted by Crippen LogP contribution is -2.03. The normalized spacial score (nSPS) is 12.6. The Morgan fingerprint density at radius 2 is 2.19 bits per heavy atom. The lowest BCUT2D eigenvalue weighted by atomic mass is 10.0. The van der Waals surface area contributed by atoms with E-state index in [1.165, 1.54) is 19.2 Å². The quantitative estimate of drug-likeness (QED) is 0.759. The largest absolute Gasteiger partial charge is 0.494 e. The molecule has 2 aromatic heterocycles. The van der Waals surface area contributed by atoms with Crippen molar-refractivity contribution in [1.29, 1.82) is 0 Å². The average Bonchev–Trinajstić information content (AvgIpc) is 2.89. The molecule has 2 N–H and O–H groups in total. The van der Waals surface area contributed by atoms with Gasteiger partial charge in [0.05, 0.1) is 7.11 Å². The first-order valence-corrected chi connectivity index (χ1v) is 7.04. The Morgan fingerprint density at radius 3 is 2.95 bits per heavy atom. The first kappa shape index (κ1) is 14.0. The number of nitrogens with one attached hydrogen (secondary N) is 1. The fraction of sp³-hybridized carbons (Fsp3) is 0.133. The molecule has 4 nitrogen and oxygen atoms in total. The monoisotopic (exact) mass is 350 g/mol. The highest BCUT2D eigenvalue weighted by molar-refractivity contribution is 9.10. The van der Waals surface area contributed by atoms with E-state index in [1.807, 2.05) is 6.07 Å². The second-order valence-electron chi connectivity index (χ2n) is 4.56. The van der Waals surface area contributed by atoms with E-state index in [2.05, 4.69) is 25.9 Å². The fourth-order valence-corrected chi connectivity index (χ4v) is 2.62. The molecule has 0 saturated heterocycles. The zero-order valence-corrected chi connectivity index (χ0v) is 12.7. The Kier molecular flexibility index (Phi) is 3.65. The first-order valence-electron chi connectivity index (χ1n) is 6.25. The van der Waals surface area contributed by atoms with Gasteiger partial charge in [-0.3, -0.25) is 0 Å². The maximum Gasteiger partial charge on any atom is 0.171 e. The summed E-state index contributed by atoms with van der Waals surface area (Å²) >= 11 is 3.34. The van der Waals surface area contributed by atoms with Gasteiger partial charge in [0.1, 0.15) is 11.8 Å². The Hall–Kier alpha value is -1.92. The van der Waals surface area contributed by atoms with Crippen molar-refractivity contribution >= 4 is 27.0 Å². The molecule has 0 saturated carbocycles. The van der Waals surface area contributed by atoms with Crippen LogP contribution >= 0.6 is 15.9 Å². The third kappa shape index (κ3) is 2.41. The number of rotatable bonds is 3. The molecule has 0 fully saturated rings. The number of H-pyrrole nitrogens is 1. The van der Waals surface area contributed by atoms with Crippen molar-refractivity contribution < 1.29 is 14.2 Å². The highest BCUT2D eigenvalue weighted by Gasteiger charge is 2.21. The van der Waals surface area contributed by atoms with Crippen LogP contribution < -0.4 is 4.74 Å². The van der Waals surface area contributed by atoms with Crippen molar-refractivity contribution in [3.63, 3.8) is 0 Å². The predicted octanol–water partition coefficient (Wildman–Crippen LogP) is 3.55. The van der Waals surface area contributed by atoms with Crippen LogP contribution in [0.2, 0.25) is 0 Å². The third-order valence-corrected chi connectivity index (χ3v) is 3.77.